The molecule has 2 nitrogen and oxygen atoms in total. The summed E-state index contributed by atoms with van der Waals surface area (Å²) in [5, 5.41) is 3.51. The van der Waals surface area contributed by atoms with E-state index in [0.717, 1.165) is 18.7 Å². The van der Waals surface area contributed by atoms with Crippen molar-refractivity contribution in [2.75, 3.05) is 25.7 Å². The summed E-state index contributed by atoms with van der Waals surface area (Å²) in [6.45, 7) is 3.31. The van der Waals surface area contributed by atoms with E-state index >= 15 is 0 Å². The first kappa shape index (κ1) is 13.4. The Morgan fingerprint density at radius 3 is 2.56 bits per heavy atom. The van der Waals surface area contributed by atoms with E-state index in [0.29, 0.717) is 6.04 Å². The molecule has 0 fully saturated rings. The average Bonchev–Trinajstić information content (AvgIpc) is 2.30. The van der Waals surface area contributed by atoms with Crippen molar-refractivity contribution in [1.82, 2.24) is 5.32 Å². The summed E-state index contributed by atoms with van der Waals surface area (Å²) < 4.78 is 5.14. The van der Waals surface area contributed by atoms with Gasteiger partial charge in [-0.05, 0) is 37.3 Å². The molecule has 3 heteroatoms. The molecule has 0 aromatic heterocycles. The Hall–Kier alpha value is -0.670. The minimum Gasteiger partial charge on any atom is -0.497 e. The maximum atomic E-state index is 5.14. The Morgan fingerprint density at radius 1 is 1.31 bits per heavy atom. The fourth-order valence-electron chi connectivity index (χ4n) is 1.59. The molecule has 0 saturated heterocycles. The van der Waals surface area contributed by atoms with Crippen LogP contribution >= 0.6 is 11.8 Å². The third-order valence-corrected chi connectivity index (χ3v) is 3.11. The van der Waals surface area contributed by atoms with E-state index in [2.05, 4.69) is 30.6 Å². The minimum absolute atomic E-state index is 0.528. The highest BCUT2D eigenvalue weighted by atomic mass is 32.2. The molecule has 0 radical (unpaired) electrons. The number of methoxy groups -OCH3 is 1. The SMILES string of the molecule is COc1ccc(CC(C)NCCSC)cc1. The molecule has 0 heterocycles. The summed E-state index contributed by atoms with van der Waals surface area (Å²) in [6, 6.07) is 8.82. The molecule has 1 unspecified atom stereocenters. The van der Waals surface area contributed by atoms with Crippen molar-refractivity contribution in [3.8, 4) is 5.75 Å². The zero-order valence-corrected chi connectivity index (χ0v) is 11.1. The molecular weight excluding hydrogens is 218 g/mol. The van der Waals surface area contributed by atoms with E-state index in [-0.39, 0.29) is 0 Å². The van der Waals surface area contributed by atoms with Crippen molar-refractivity contribution in [3.63, 3.8) is 0 Å². The van der Waals surface area contributed by atoms with E-state index in [1.807, 2.05) is 23.9 Å². The average molecular weight is 239 g/mol. The molecule has 16 heavy (non-hydrogen) atoms. The fourth-order valence-corrected chi connectivity index (χ4v) is 1.92. The molecule has 0 amide bonds. The molecule has 0 aliphatic carbocycles. The van der Waals surface area contributed by atoms with Crippen LogP contribution in [0.3, 0.4) is 0 Å². The predicted octanol–water partition coefficient (Wildman–Crippen LogP) is 2.58. The van der Waals surface area contributed by atoms with Gasteiger partial charge in [-0.15, -0.1) is 0 Å². The summed E-state index contributed by atoms with van der Waals surface area (Å²) in [4.78, 5) is 0. The largest absolute Gasteiger partial charge is 0.497 e. The van der Waals surface area contributed by atoms with Gasteiger partial charge in [-0.1, -0.05) is 12.1 Å². The third kappa shape index (κ3) is 4.90. The second kappa shape index (κ2) is 7.58. The first-order valence-corrected chi connectivity index (χ1v) is 7.01. The molecule has 90 valence electrons. The predicted molar refractivity (Wildman–Crippen MR) is 72.5 cm³/mol. The van der Waals surface area contributed by atoms with E-state index in [1.165, 1.54) is 11.3 Å². The Kier molecular flexibility index (Phi) is 6.34. The van der Waals surface area contributed by atoms with Crippen LogP contribution in [0.1, 0.15) is 12.5 Å². The van der Waals surface area contributed by atoms with Gasteiger partial charge in [0.05, 0.1) is 7.11 Å². The summed E-state index contributed by atoms with van der Waals surface area (Å²) >= 11 is 1.88. The van der Waals surface area contributed by atoms with Crippen LogP contribution in [0.15, 0.2) is 24.3 Å². The lowest BCUT2D eigenvalue weighted by molar-refractivity contribution is 0.414. The zero-order valence-electron chi connectivity index (χ0n) is 10.3. The number of hydrogen-bond donors (Lipinski definition) is 1. The molecule has 0 aliphatic rings. The lowest BCUT2D eigenvalue weighted by Gasteiger charge is -2.13. The van der Waals surface area contributed by atoms with Gasteiger partial charge < -0.3 is 10.1 Å². The fraction of sp³-hybridized carbons (Fsp3) is 0.538. The van der Waals surface area contributed by atoms with Gasteiger partial charge >= 0.3 is 0 Å². The van der Waals surface area contributed by atoms with E-state index in [9.17, 15) is 0 Å². The number of benzene rings is 1. The summed E-state index contributed by atoms with van der Waals surface area (Å²) in [5.41, 5.74) is 1.35. The molecule has 1 aromatic rings. The maximum Gasteiger partial charge on any atom is 0.118 e. The highest BCUT2D eigenvalue weighted by Crippen LogP contribution is 2.12. The first-order chi connectivity index (χ1) is 7.76. The van der Waals surface area contributed by atoms with Crippen molar-refractivity contribution in [2.45, 2.75) is 19.4 Å². The van der Waals surface area contributed by atoms with Gasteiger partial charge in [-0.25, -0.2) is 0 Å². The topological polar surface area (TPSA) is 21.3 Å². The van der Waals surface area contributed by atoms with Crippen molar-refractivity contribution < 1.29 is 4.74 Å². The highest BCUT2D eigenvalue weighted by Gasteiger charge is 2.02. The number of nitrogens with one attached hydrogen (secondary N) is 1. The molecule has 0 aliphatic heterocycles. The van der Waals surface area contributed by atoms with Gasteiger partial charge in [0, 0.05) is 18.3 Å². The van der Waals surface area contributed by atoms with Gasteiger partial charge in [-0.2, -0.15) is 11.8 Å². The second-order valence-corrected chi connectivity index (χ2v) is 4.89. The van der Waals surface area contributed by atoms with Gasteiger partial charge in [0.25, 0.3) is 0 Å². The zero-order chi connectivity index (χ0) is 11.8. The Morgan fingerprint density at radius 2 is 2.00 bits per heavy atom. The number of ether oxygens (including phenoxy) is 1. The molecule has 1 N–H and O–H groups in total. The Labute approximate surface area is 103 Å². The van der Waals surface area contributed by atoms with E-state index < -0.39 is 0 Å². The maximum absolute atomic E-state index is 5.14. The lowest BCUT2D eigenvalue weighted by atomic mass is 10.1. The van der Waals surface area contributed by atoms with Crippen LogP contribution in [0.25, 0.3) is 0 Å². The van der Waals surface area contributed by atoms with Crippen molar-refractivity contribution >= 4 is 11.8 Å². The standard InChI is InChI=1S/C13H21NOS/c1-11(14-8-9-16-3)10-12-4-6-13(15-2)7-5-12/h4-7,11,14H,8-10H2,1-3H3. The molecule has 1 atom stereocenters. The van der Waals surface area contributed by atoms with Crippen molar-refractivity contribution in [3.05, 3.63) is 29.8 Å². The number of hydrogen-bond acceptors (Lipinski definition) is 3. The van der Waals surface area contributed by atoms with Gasteiger partial charge in [-0.3, -0.25) is 0 Å². The Bertz CT molecular complexity index is 286. The first-order valence-electron chi connectivity index (χ1n) is 5.61. The molecule has 1 aromatic carbocycles. The van der Waals surface area contributed by atoms with Crippen molar-refractivity contribution in [2.24, 2.45) is 0 Å². The van der Waals surface area contributed by atoms with Crippen LogP contribution in [0.5, 0.6) is 5.75 Å². The number of thioether (sulfide) groups is 1. The minimum atomic E-state index is 0.528. The summed E-state index contributed by atoms with van der Waals surface area (Å²) in [6.07, 6.45) is 3.20. The molecule has 0 spiro atoms. The van der Waals surface area contributed by atoms with Gasteiger partial charge in [0.15, 0.2) is 0 Å². The van der Waals surface area contributed by atoms with Crippen LogP contribution < -0.4 is 10.1 Å². The quantitative estimate of drug-likeness (QED) is 0.739. The number of rotatable bonds is 7. The van der Waals surface area contributed by atoms with Crippen LogP contribution in [-0.2, 0) is 6.42 Å². The normalized spacial score (nSPS) is 12.4. The Balaban J connectivity index is 2.34. The molecule has 1 rings (SSSR count). The van der Waals surface area contributed by atoms with Crippen LogP contribution in [0.4, 0.5) is 0 Å². The van der Waals surface area contributed by atoms with Crippen LogP contribution in [0, 0.1) is 0 Å². The van der Waals surface area contributed by atoms with E-state index in [1.54, 1.807) is 7.11 Å². The molecule has 0 saturated carbocycles. The summed E-state index contributed by atoms with van der Waals surface area (Å²) in [5.74, 6) is 2.10. The second-order valence-electron chi connectivity index (χ2n) is 3.90. The lowest BCUT2D eigenvalue weighted by Crippen LogP contribution is -2.29. The summed E-state index contributed by atoms with van der Waals surface area (Å²) in [7, 11) is 1.70. The molecular formula is C13H21NOS. The smallest absolute Gasteiger partial charge is 0.118 e. The van der Waals surface area contributed by atoms with Gasteiger partial charge in [0.1, 0.15) is 5.75 Å². The molecule has 0 bridgehead atoms. The monoisotopic (exact) mass is 239 g/mol. The third-order valence-electron chi connectivity index (χ3n) is 2.50. The van der Waals surface area contributed by atoms with E-state index in [4.69, 9.17) is 4.74 Å². The van der Waals surface area contributed by atoms with Crippen molar-refractivity contribution in [1.29, 1.82) is 0 Å². The van der Waals surface area contributed by atoms with Gasteiger partial charge in [0.2, 0.25) is 0 Å². The highest BCUT2D eigenvalue weighted by molar-refractivity contribution is 7.98. The van der Waals surface area contributed by atoms with Crippen LogP contribution in [0.2, 0.25) is 0 Å². The van der Waals surface area contributed by atoms with Crippen LogP contribution in [-0.4, -0.2) is 31.7 Å².